The lowest BCUT2D eigenvalue weighted by molar-refractivity contribution is -0.118. The molecule has 0 radical (unpaired) electrons. The summed E-state index contributed by atoms with van der Waals surface area (Å²) in [5.74, 6) is -0.592. The molecule has 0 saturated heterocycles. The van der Waals surface area contributed by atoms with Crippen LogP contribution in [0.15, 0.2) is 53.4 Å². The smallest absolute Gasteiger partial charge is 0.263 e. The summed E-state index contributed by atoms with van der Waals surface area (Å²) in [6.45, 7) is -0.657. The zero-order valence-electron chi connectivity index (χ0n) is 11.3. The molecule has 0 unspecified atom stereocenters. The summed E-state index contributed by atoms with van der Waals surface area (Å²) in [6.07, 6.45) is 0. The van der Waals surface area contributed by atoms with Gasteiger partial charge in [-0.3, -0.25) is 9.52 Å². The molecular weight excluding hydrogens is 328 g/mol. The highest BCUT2D eigenvalue weighted by Crippen LogP contribution is 2.24. The summed E-state index contributed by atoms with van der Waals surface area (Å²) in [5, 5.41) is 11.2. The van der Waals surface area contributed by atoms with Crippen LogP contribution in [-0.4, -0.2) is 26.0 Å². The lowest BCUT2D eigenvalue weighted by atomic mass is 10.3. The molecule has 116 valence electrons. The molecule has 22 heavy (non-hydrogen) atoms. The number of halogens is 1. The SMILES string of the molecule is O=C(CO)Nc1cccc(NS(=O)(=O)c2ccccc2Cl)c1. The third kappa shape index (κ3) is 3.97. The van der Waals surface area contributed by atoms with Crippen LogP contribution < -0.4 is 10.0 Å². The van der Waals surface area contributed by atoms with Crippen molar-refractivity contribution in [1.29, 1.82) is 0 Å². The fourth-order valence-corrected chi connectivity index (χ4v) is 3.30. The first kappa shape index (κ1) is 16.3. The molecule has 0 spiro atoms. The number of nitrogens with one attached hydrogen (secondary N) is 2. The fraction of sp³-hybridized carbons (Fsp3) is 0.0714. The Morgan fingerprint density at radius 1 is 1.09 bits per heavy atom. The minimum atomic E-state index is -3.84. The number of amides is 1. The van der Waals surface area contributed by atoms with Gasteiger partial charge < -0.3 is 10.4 Å². The molecule has 6 nitrogen and oxygen atoms in total. The van der Waals surface area contributed by atoms with Crippen molar-refractivity contribution in [3.63, 3.8) is 0 Å². The number of anilines is 2. The van der Waals surface area contributed by atoms with Crippen molar-refractivity contribution >= 4 is 38.9 Å². The van der Waals surface area contributed by atoms with E-state index < -0.39 is 22.5 Å². The maximum absolute atomic E-state index is 12.3. The molecule has 0 bridgehead atoms. The quantitative estimate of drug-likeness (QED) is 0.776. The van der Waals surface area contributed by atoms with Gasteiger partial charge in [0.25, 0.3) is 10.0 Å². The van der Waals surface area contributed by atoms with Gasteiger partial charge in [0.2, 0.25) is 5.91 Å². The van der Waals surface area contributed by atoms with Crippen LogP contribution in [0, 0.1) is 0 Å². The first-order chi connectivity index (χ1) is 10.4. The number of aliphatic hydroxyl groups is 1. The molecule has 0 heterocycles. The summed E-state index contributed by atoms with van der Waals surface area (Å²) in [5.41, 5.74) is 0.620. The van der Waals surface area contributed by atoms with Gasteiger partial charge >= 0.3 is 0 Å². The molecule has 0 atom stereocenters. The predicted octanol–water partition coefficient (Wildman–Crippen LogP) is 2.07. The summed E-state index contributed by atoms with van der Waals surface area (Å²) in [4.78, 5) is 11.1. The lowest BCUT2D eigenvalue weighted by Crippen LogP contribution is -2.16. The van der Waals surface area contributed by atoms with E-state index in [0.717, 1.165) is 0 Å². The van der Waals surface area contributed by atoms with Crippen molar-refractivity contribution in [2.24, 2.45) is 0 Å². The summed E-state index contributed by atoms with van der Waals surface area (Å²) >= 11 is 5.89. The molecule has 2 aromatic rings. The largest absolute Gasteiger partial charge is 0.387 e. The third-order valence-electron chi connectivity index (χ3n) is 2.67. The van der Waals surface area contributed by atoms with Gasteiger partial charge in [-0.1, -0.05) is 29.8 Å². The molecule has 0 aliphatic rings. The monoisotopic (exact) mass is 340 g/mol. The van der Waals surface area contributed by atoms with Crippen molar-refractivity contribution in [3.05, 3.63) is 53.6 Å². The average molecular weight is 341 g/mol. The number of rotatable bonds is 5. The van der Waals surface area contributed by atoms with Crippen LogP contribution in [0.4, 0.5) is 11.4 Å². The zero-order valence-corrected chi connectivity index (χ0v) is 12.9. The van der Waals surface area contributed by atoms with Crippen LogP contribution in [0.5, 0.6) is 0 Å². The number of hydrogen-bond acceptors (Lipinski definition) is 4. The molecule has 0 aliphatic heterocycles. The molecule has 0 saturated carbocycles. The second-order valence-electron chi connectivity index (χ2n) is 4.32. The number of carbonyl (C=O) groups is 1. The molecular formula is C14H13ClN2O4S. The van der Waals surface area contributed by atoms with Crippen LogP contribution in [0.1, 0.15) is 0 Å². The highest BCUT2D eigenvalue weighted by Gasteiger charge is 2.17. The Bertz CT molecular complexity index is 793. The van der Waals surface area contributed by atoms with Gasteiger partial charge in [-0.15, -0.1) is 0 Å². The average Bonchev–Trinajstić information content (AvgIpc) is 2.47. The molecule has 3 N–H and O–H groups in total. The molecule has 2 rings (SSSR count). The van der Waals surface area contributed by atoms with E-state index in [1.807, 2.05) is 0 Å². The normalized spacial score (nSPS) is 11.0. The highest BCUT2D eigenvalue weighted by molar-refractivity contribution is 7.92. The van der Waals surface area contributed by atoms with Gasteiger partial charge in [0.1, 0.15) is 11.5 Å². The zero-order chi connectivity index (χ0) is 16.2. The number of aliphatic hydroxyl groups excluding tert-OH is 1. The number of sulfonamides is 1. The van der Waals surface area contributed by atoms with Crippen molar-refractivity contribution in [2.75, 3.05) is 16.6 Å². The Labute approximate surface area is 132 Å². The van der Waals surface area contributed by atoms with Gasteiger partial charge in [-0.2, -0.15) is 0 Å². The summed E-state index contributed by atoms with van der Waals surface area (Å²) in [6, 6.07) is 12.2. The van der Waals surface area contributed by atoms with Crippen LogP contribution in [0.3, 0.4) is 0 Å². The summed E-state index contributed by atoms with van der Waals surface area (Å²) in [7, 11) is -3.84. The maximum Gasteiger partial charge on any atom is 0.263 e. The molecule has 8 heteroatoms. The lowest BCUT2D eigenvalue weighted by Gasteiger charge is -2.11. The Morgan fingerprint density at radius 3 is 2.45 bits per heavy atom. The van der Waals surface area contributed by atoms with E-state index in [1.165, 1.54) is 24.3 Å². The van der Waals surface area contributed by atoms with Crippen LogP contribution in [-0.2, 0) is 14.8 Å². The van der Waals surface area contributed by atoms with Crippen LogP contribution in [0.25, 0.3) is 0 Å². The Kier molecular flexibility index (Phi) is 5.02. The number of carbonyl (C=O) groups excluding carboxylic acids is 1. The Balaban J connectivity index is 2.25. The topological polar surface area (TPSA) is 95.5 Å². The second kappa shape index (κ2) is 6.78. The maximum atomic E-state index is 12.3. The van der Waals surface area contributed by atoms with Crippen LogP contribution in [0.2, 0.25) is 5.02 Å². The standard InChI is InChI=1S/C14H13ClN2O4S/c15-12-6-1-2-7-13(12)22(20,21)17-11-5-3-4-10(8-11)16-14(19)9-18/h1-8,17-18H,9H2,(H,16,19). The minimum Gasteiger partial charge on any atom is -0.387 e. The molecule has 0 fully saturated rings. The van der Waals surface area contributed by atoms with Gasteiger partial charge in [-0.25, -0.2) is 8.42 Å². The summed E-state index contributed by atoms with van der Waals surface area (Å²) < 4.78 is 27.0. The van der Waals surface area contributed by atoms with Crippen molar-refractivity contribution in [2.45, 2.75) is 4.90 Å². The van der Waals surface area contributed by atoms with E-state index in [-0.39, 0.29) is 15.6 Å². The Hall–Kier alpha value is -2.09. The van der Waals surface area contributed by atoms with E-state index in [9.17, 15) is 13.2 Å². The van der Waals surface area contributed by atoms with E-state index in [2.05, 4.69) is 10.0 Å². The van der Waals surface area contributed by atoms with E-state index in [1.54, 1.807) is 24.3 Å². The van der Waals surface area contributed by atoms with Crippen molar-refractivity contribution in [1.82, 2.24) is 0 Å². The first-order valence-corrected chi connectivity index (χ1v) is 8.06. The van der Waals surface area contributed by atoms with Gasteiger partial charge in [0.05, 0.1) is 10.7 Å². The molecule has 0 aliphatic carbocycles. The first-order valence-electron chi connectivity index (χ1n) is 6.20. The van der Waals surface area contributed by atoms with Crippen LogP contribution >= 0.6 is 11.6 Å². The van der Waals surface area contributed by atoms with Crippen molar-refractivity contribution in [3.8, 4) is 0 Å². The molecule has 1 amide bonds. The van der Waals surface area contributed by atoms with Gasteiger partial charge in [-0.05, 0) is 30.3 Å². The predicted molar refractivity (Wildman–Crippen MR) is 84.4 cm³/mol. The molecule has 2 aromatic carbocycles. The second-order valence-corrected chi connectivity index (χ2v) is 6.38. The Morgan fingerprint density at radius 2 is 1.77 bits per heavy atom. The van der Waals surface area contributed by atoms with Gasteiger partial charge in [0.15, 0.2) is 0 Å². The highest BCUT2D eigenvalue weighted by atomic mass is 35.5. The number of hydrogen-bond donors (Lipinski definition) is 3. The number of benzene rings is 2. The fourth-order valence-electron chi connectivity index (χ4n) is 1.73. The van der Waals surface area contributed by atoms with E-state index in [0.29, 0.717) is 5.69 Å². The van der Waals surface area contributed by atoms with Gasteiger partial charge in [0, 0.05) is 5.69 Å². The van der Waals surface area contributed by atoms with Crippen molar-refractivity contribution < 1.29 is 18.3 Å². The van der Waals surface area contributed by atoms with E-state index in [4.69, 9.17) is 16.7 Å². The van der Waals surface area contributed by atoms with E-state index >= 15 is 0 Å². The third-order valence-corrected chi connectivity index (χ3v) is 4.55. The minimum absolute atomic E-state index is 0.0403. The molecule has 0 aromatic heterocycles.